The molecule has 1 amide bonds. The van der Waals surface area contributed by atoms with Crippen LogP contribution in [0.5, 0.6) is 0 Å². The smallest absolute Gasteiger partial charge is 0.407 e. The first kappa shape index (κ1) is 22.3. The minimum Gasteiger partial charge on any atom is -0.448 e. The van der Waals surface area contributed by atoms with Crippen LogP contribution >= 0.6 is 0 Å². The Hall–Kier alpha value is -2.37. The van der Waals surface area contributed by atoms with Crippen LogP contribution in [-0.2, 0) is 17.8 Å². The van der Waals surface area contributed by atoms with Gasteiger partial charge in [0.25, 0.3) is 0 Å². The number of carbonyl (C=O) groups is 1. The maximum Gasteiger partial charge on any atom is 0.407 e. The largest absolute Gasteiger partial charge is 0.448 e. The van der Waals surface area contributed by atoms with Crippen molar-refractivity contribution in [1.82, 2.24) is 15.1 Å². The quantitative estimate of drug-likeness (QED) is 0.707. The molecule has 1 fully saturated rings. The second-order valence-corrected chi connectivity index (χ2v) is 8.79. The summed E-state index contributed by atoms with van der Waals surface area (Å²) in [6.07, 6.45) is 0.526. The van der Waals surface area contributed by atoms with Gasteiger partial charge in [0.2, 0.25) is 0 Å². The van der Waals surface area contributed by atoms with E-state index in [1.807, 2.05) is 26.0 Å². The fourth-order valence-electron chi connectivity index (χ4n) is 3.70. The third-order valence-electron chi connectivity index (χ3n) is 5.90. The molecule has 2 aromatic rings. The van der Waals surface area contributed by atoms with Gasteiger partial charge in [-0.05, 0) is 31.4 Å². The van der Waals surface area contributed by atoms with E-state index < -0.39 is 0 Å². The van der Waals surface area contributed by atoms with Crippen molar-refractivity contribution in [3.63, 3.8) is 0 Å². The van der Waals surface area contributed by atoms with Gasteiger partial charge in [-0.3, -0.25) is 9.80 Å². The van der Waals surface area contributed by atoms with E-state index in [1.54, 1.807) is 0 Å². The van der Waals surface area contributed by atoms with Crippen molar-refractivity contribution in [1.29, 1.82) is 0 Å². The van der Waals surface area contributed by atoms with Crippen LogP contribution in [-0.4, -0.2) is 53.7 Å². The normalized spacial score (nSPS) is 18.2. The second kappa shape index (κ2) is 10.6. The van der Waals surface area contributed by atoms with Crippen molar-refractivity contribution in [3.05, 3.63) is 71.8 Å². The molecule has 1 aliphatic heterocycles. The van der Waals surface area contributed by atoms with Gasteiger partial charge in [0.15, 0.2) is 0 Å². The molecule has 2 aromatic carbocycles. The molecule has 3 rings (SSSR count). The number of benzene rings is 2. The maximum atomic E-state index is 12.3. The lowest BCUT2D eigenvalue weighted by Crippen LogP contribution is -2.55. The molecule has 0 saturated carbocycles. The molecule has 1 atom stereocenters. The highest BCUT2D eigenvalue weighted by Crippen LogP contribution is 2.17. The van der Waals surface area contributed by atoms with Crippen LogP contribution < -0.4 is 5.32 Å². The van der Waals surface area contributed by atoms with Crippen molar-refractivity contribution >= 4 is 6.09 Å². The third kappa shape index (κ3) is 6.85. The number of ether oxygens (including phenoxy) is 1. The number of alkyl carbamates (subject to hydrolysis) is 1. The van der Waals surface area contributed by atoms with E-state index in [2.05, 4.69) is 70.6 Å². The lowest BCUT2D eigenvalue weighted by molar-refractivity contribution is 0.0218. The first-order valence-corrected chi connectivity index (χ1v) is 10.9. The molecule has 0 aromatic heterocycles. The van der Waals surface area contributed by atoms with Gasteiger partial charge < -0.3 is 10.1 Å². The third-order valence-corrected chi connectivity index (χ3v) is 5.90. The topological polar surface area (TPSA) is 44.8 Å². The fraction of sp³-hybridized carbons (Fsp3) is 0.480. The maximum absolute atomic E-state index is 12.3. The van der Waals surface area contributed by atoms with Crippen molar-refractivity contribution in [2.75, 3.05) is 26.2 Å². The summed E-state index contributed by atoms with van der Waals surface area (Å²) in [5.74, 6) is 0. The Labute approximate surface area is 181 Å². The van der Waals surface area contributed by atoms with Crippen molar-refractivity contribution in [2.24, 2.45) is 0 Å². The Morgan fingerprint density at radius 2 is 1.60 bits per heavy atom. The van der Waals surface area contributed by atoms with Gasteiger partial charge in [0, 0.05) is 38.3 Å². The number of hydrogen-bond acceptors (Lipinski definition) is 4. The van der Waals surface area contributed by atoms with Crippen LogP contribution in [0, 0.1) is 0 Å². The summed E-state index contributed by atoms with van der Waals surface area (Å²) in [6, 6.07) is 21.2. The van der Waals surface area contributed by atoms with Crippen LogP contribution in [0.4, 0.5) is 4.79 Å². The molecule has 0 bridgehead atoms. The van der Waals surface area contributed by atoms with Gasteiger partial charge in [0.1, 0.15) is 6.61 Å². The summed E-state index contributed by atoms with van der Waals surface area (Å²) in [5, 5.41) is 2.97. The minimum atomic E-state index is -0.332. The van der Waals surface area contributed by atoms with E-state index in [-0.39, 0.29) is 17.7 Å². The highest BCUT2D eigenvalue weighted by atomic mass is 16.5. The van der Waals surface area contributed by atoms with Gasteiger partial charge in [-0.2, -0.15) is 0 Å². The number of rotatable bonds is 8. The van der Waals surface area contributed by atoms with Gasteiger partial charge in [-0.15, -0.1) is 0 Å². The van der Waals surface area contributed by atoms with Crippen LogP contribution in [0.25, 0.3) is 0 Å². The molecule has 30 heavy (non-hydrogen) atoms. The molecule has 0 spiro atoms. The lowest BCUT2D eigenvalue weighted by Gasteiger charge is -2.41. The van der Waals surface area contributed by atoms with E-state index in [0.29, 0.717) is 6.61 Å². The zero-order valence-electron chi connectivity index (χ0n) is 18.5. The fourth-order valence-corrected chi connectivity index (χ4v) is 3.70. The van der Waals surface area contributed by atoms with Gasteiger partial charge in [-0.1, -0.05) is 67.6 Å². The zero-order chi connectivity index (χ0) is 21.4. The monoisotopic (exact) mass is 409 g/mol. The zero-order valence-corrected chi connectivity index (χ0v) is 18.5. The van der Waals surface area contributed by atoms with Crippen LogP contribution in [0.2, 0.25) is 0 Å². The summed E-state index contributed by atoms with van der Waals surface area (Å²) in [4.78, 5) is 17.2. The summed E-state index contributed by atoms with van der Waals surface area (Å²) >= 11 is 0. The Bertz CT molecular complexity index is 779. The Morgan fingerprint density at radius 3 is 2.20 bits per heavy atom. The van der Waals surface area contributed by atoms with E-state index in [1.165, 1.54) is 11.1 Å². The highest BCUT2D eigenvalue weighted by Gasteiger charge is 2.29. The molecule has 1 aliphatic rings. The molecule has 5 heteroatoms. The average molecular weight is 410 g/mol. The molecule has 162 valence electrons. The van der Waals surface area contributed by atoms with Gasteiger partial charge >= 0.3 is 6.09 Å². The van der Waals surface area contributed by atoms with E-state index in [4.69, 9.17) is 4.74 Å². The number of hydrogen-bond donors (Lipinski definition) is 1. The first-order valence-electron chi connectivity index (χ1n) is 10.9. The molecular formula is C25H35N3O2. The molecule has 1 saturated heterocycles. The van der Waals surface area contributed by atoms with Crippen molar-refractivity contribution in [3.8, 4) is 0 Å². The molecule has 0 radical (unpaired) electrons. The lowest BCUT2D eigenvalue weighted by atomic mass is 10.0. The molecule has 0 aliphatic carbocycles. The second-order valence-electron chi connectivity index (χ2n) is 8.79. The Morgan fingerprint density at radius 1 is 1.00 bits per heavy atom. The van der Waals surface area contributed by atoms with Crippen LogP contribution in [0.15, 0.2) is 60.7 Å². The SMILES string of the molecule is CCC(C)(C)NC(=O)OCC1CN(Cc2ccccc2)CCN1Cc1ccccc1. The first-order chi connectivity index (χ1) is 14.4. The number of amides is 1. The van der Waals surface area contributed by atoms with Gasteiger partial charge in [-0.25, -0.2) is 4.79 Å². The Balaban J connectivity index is 1.62. The summed E-state index contributed by atoms with van der Waals surface area (Å²) < 4.78 is 5.67. The van der Waals surface area contributed by atoms with E-state index in [0.717, 1.165) is 39.1 Å². The van der Waals surface area contributed by atoms with Crippen LogP contribution in [0.3, 0.4) is 0 Å². The van der Waals surface area contributed by atoms with E-state index >= 15 is 0 Å². The van der Waals surface area contributed by atoms with Crippen molar-refractivity contribution in [2.45, 2.75) is 51.9 Å². The number of carbonyl (C=O) groups excluding carboxylic acids is 1. The molecule has 1 unspecified atom stereocenters. The Kier molecular flexibility index (Phi) is 7.88. The number of nitrogens with one attached hydrogen (secondary N) is 1. The van der Waals surface area contributed by atoms with E-state index in [9.17, 15) is 4.79 Å². The van der Waals surface area contributed by atoms with Crippen LogP contribution in [0.1, 0.15) is 38.3 Å². The van der Waals surface area contributed by atoms with Crippen molar-refractivity contribution < 1.29 is 9.53 Å². The number of piperazine rings is 1. The molecule has 1 heterocycles. The number of nitrogens with zero attached hydrogens (tertiary/aromatic N) is 2. The molecule has 5 nitrogen and oxygen atoms in total. The molecular weight excluding hydrogens is 374 g/mol. The summed E-state index contributed by atoms with van der Waals surface area (Å²) in [5.41, 5.74) is 2.35. The van der Waals surface area contributed by atoms with Gasteiger partial charge in [0.05, 0.1) is 6.04 Å². The molecule has 1 N–H and O–H groups in total. The predicted molar refractivity (Wildman–Crippen MR) is 121 cm³/mol. The standard InChI is InChI=1S/C25H35N3O2/c1-4-25(2,3)26-24(29)30-20-23-19-27(17-21-11-7-5-8-12-21)15-16-28(23)18-22-13-9-6-10-14-22/h5-14,23H,4,15-20H2,1-3H3,(H,26,29). The average Bonchev–Trinajstić information content (AvgIpc) is 2.75. The minimum absolute atomic E-state index is 0.165. The predicted octanol–water partition coefficient (Wildman–Crippen LogP) is 4.29. The summed E-state index contributed by atoms with van der Waals surface area (Å²) in [6.45, 7) is 11.1. The summed E-state index contributed by atoms with van der Waals surface area (Å²) in [7, 11) is 0. The highest BCUT2D eigenvalue weighted by molar-refractivity contribution is 5.68.